The summed E-state index contributed by atoms with van der Waals surface area (Å²) in [4.78, 5) is 0. The highest BCUT2D eigenvalue weighted by atomic mass is 32.3. The minimum absolute atomic E-state index is 0.241. The second kappa shape index (κ2) is 5.13. The van der Waals surface area contributed by atoms with E-state index in [1.807, 2.05) is 0 Å². The van der Waals surface area contributed by atoms with E-state index in [1.54, 1.807) is 20.0 Å². The van der Waals surface area contributed by atoms with Crippen LogP contribution in [-0.4, -0.2) is 34.3 Å². The van der Waals surface area contributed by atoms with E-state index in [2.05, 4.69) is 0 Å². The van der Waals surface area contributed by atoms with Crippen LogP contribution in [0.15, 0.2) is 0 Å². The predicted octanol–water partition coefficient (Wildman–Crippen LogP) is 1.18. The van der Waals surface area contributed by atoms with Crippen molar-refractivity contribution in [1.82, 2.24) is 0 Å². The maximum Gasteiger partial charge on any atom is 0.284 e. The van der Waals surface area contributed by atoms with Crippen LogP contribution >= 0.6 is 0 Å². The van der Waals surface area contributed by atoms with Gasteiger partial charge in [0, 0.05) is 0 Å². The minimum atomic E-state index is -4.64. The summed E-state index contributed by atoms with van der Waals surface area (Å²) >= 11 is 0. The average molecular weight is 290 g/mol. The van der Waals surface area contributed by atoms with Crippen LogP contribution in [0.5, 0.6) is 0 Å². The van der Waals surface area contributed by atoms with Gasteiger partial charge < -0.3 is 3.87 Å². The van der Waals surface area contributed by atoms with Crippen LogP contribution in [0.2, 0.25) is 19.1 Å². The monoisotopic (exact) mass is 290 g/mol. The maximum absolute atomic E-state index is 11.7. The van der Waals surface area contributed by atoms with Gasteiger partial charge in [-0.3, -0.25) is 4.55 Å². The van der Waals surface area contributed by atoms with Crippen molar-refractivity contribution in [2.45, 2.75) is 44.0 Å². The van der Waals surface area contributed by atoms with Crippen LogP contribution < -0.4 is 0 Å². The van der Waals surface area contributed by atoms with E-state index in [-0.39, 0.29) is 6.42 Å². The molecule has 0 bridgehead atoms. The van der Waals surface area contributed by atoms with Crippen molar-refractivity contribution < 1.29 is 25.3 Å². The van der Waals surface area contributed by atoms with Crippen molar-refractivity contribution in [3.8, 4) is 0 Å². The molecule has 0 aromatic heterocycles. The summed E-state index contributed by atoms with van der Waals surface area (Å²) in [6, 6.07) is 0.536. The molecule has 1 atom stereocenters. The van der Waals surface area contributed by atoms with Gasteiger partial charge in [0.15, 0.2) is 0 Å². The van der Waals surface area contributed by atoms with E-state index in [0.29, 0.717) is 6.04 Å². The second-order valence-electron chi connectivity index (χ2n) is 4.04. The van der Waals surface area contributed by atoms with Crippen molar-refractivity contribution in [2.75, 3.05) is 0 Å². The van der Waals surface area contributed by atoms with Crippen molar-refractivity contribution in [3.05, 3.63) is 0 Å². The first-order valence-electron chi connectivity index (χ1n) is 4.87. The van der Waals surface area contributed by atoms with Crippen LogP contribution in [0.25, 0.3) is 0 Å². The summed E-state index contributed by atoms with van der Waals surface area (Å²) in [5, 5.41) is 0. The van der Waals surface area contributed by atoms with Crippen molar-refractivity contribution in [1.29, 1.82) is 0 Å². The smallest absolute Gasteiger partial charge is 0.284 e. The van der Waals surface area contributed by atoms with Gasteiger partial charge in [0.05, 0.1) is 0 Å². The van der Waals surface area contributed by atoms with Crippen LogP contribution in [0.3, 0.4) is 0 Å². The molecule has 0 amide bonds. The maximum atomic E-state index is 11.7. The van der Waals surface area contributed by atoms with E-state index in [9.17, 15) is 16.8 Å². The molecule has 98 valence electrons. The molecular formula is C7H18O6S2Si. The molecule has 0 aromatic rings. The molecule has 0 heterocycles. The Balaban J connectivity index is 5.22. The Morgan fingerprint density at radius 3 is 1.88 bits per heavy atom. The first kappa shape index (κ1) is 16.0. The molecule has 1 N–H and O–H groups in total. The minimum Gasteiger partial charge on any atom is -0.314 e. The molecule has 0 saturated heterocycles. The summed E-state index contributed by atoms with van der Waals surface area (Å²) in [6.07, 6.45) is -0.241. The second-order valence-corrected chi connectivity index (χ2v) is 12.4. The van der Waals surface area contributed by atoms with E-state index in [1.165, 1.54) is 6.92 Å². The Bertz CT molecular complexity index is 424. The SMILES string of the molecule is CCC(S(=O)(=O)O)S(=O)(=O)O[Si](C)(C)CC. The first-order valence-corrected chi connectivity index (χ1v) is 11.0. The fourth-order valence-corrected chi connectivity index (χ4v) is 6.78. The van der Waals surface area contributed by atoms with Gasteiger partial charge >= 0.3 is 0 Å². The molecule has 9 heteroatoms. The summed E-state index contributed by atoms with van der Waals surface area (Å²) in [6.45, 7) is 6.47. The number of rotatable bonds is 6. The Morgan fingerprint density at radius 2 is 1.62 bits per heavy atom. The van der Waals surface area contributed by atoms with Gasteiger partial charge in [0.1, 0.15) is 0 Å². The lowest BCUT2D eigenvalue weighted by atomic mass is 10.6. The zero-order chi connectivity index (χ0) is 13.2. The van der Waals surface area contributed by atoms with Gasteiger partial charge in [-0.2, -0.15) is 16.8 Å². The van der Waals surface area contributed by atoms with Gasteiger partial charge in [-0.05, 0) is 25.6 Å². The first-order chi connectivity index (χ1) is 6.96. The Hall–Kier alpha value is 0.0369. The summed E-state index contributed by atoms with van der Waals surface area (Å²) < 4.78 is 56.9. The molecule has 6 nitrogen and oxygen atoms in total. The van der Waals surface area contributed by atoms with Crippen LogP contribution in [0.1, 0.15) is 20.3 Å². The van der Waals surface area contributed by atoms with Gasteiger partial charge in [-0.15, -0.1) is 0 Å². The number of hydrogen-bond donors (Lipinski definition) is 1. The standard InChI is InChI=1S/C7H18O6S2Si/c1-5-7(14(8,9)10)15(11,12)13-16(3,4)6-2/h7H,5-6H2,1-4H3,(H,8,9,10). The fraction of sp³-hybridized carbons (Fsp3) is 1.00. The van der Waals surface area contributed by atoms with Crippen molar-refractivity contribution in [3.63, 3.8) is 0 Å². The third-order valence-corrected chi connectivity index (χ3v) is 10.0. The lowest BCUT2D eigenvalue weighted by molar-refractivity contribution is 0.453. The van der Waals surface area contributed by atoms with Crippen molar-refractivity contribution in [2.24, 2.45) is 0 Å². The molecular weight excluding hydrogens is 272 g/mol. The Labute approximate surface area is 98.0 Å². The molecule has 16 heavy (non-hydrogen) atoms. The third kappa shape index (κ3) is 4.50. The number of hydrogen-bond acceptors (Lipinski definition) is 5. The lowest BCUT2D eigenvalue weighted by Crippen LogP contribution is -2.39. The molecule has 0 aliphatic carbocycles. The van der Waals surface area contributed by atoms with Crippen LogP contribution in [-0.2, 0) is 24.1 Å². The van der Waals surface area contributed by atoms with Crippen molar-refractivity contribution >= 4 is 28.6 Å². The van der Waals surface area contributed by atoms with Crippen LogP contribution in [0.4, 0.5) is 0 Å². The lowest BCUT2D eigenvalue weighted by Gasteiger charge is -2.22. The molecule has 0 saturated carbocycles. The highest BCUT2D eigenvalue weighted by molar-refractivity contribution is 8.04. The summed E-state index contributed by atoms with van der Waals surface area (Å²) in [5.41, 5.74) is 0. The topological polar surface area (TPSA) is 97.7 Å². The quantitative estimate of drug-likeness (QED) is 0.582. The molecule has 0 radical (unpaired) electrons. The van der Waals surface area contributed by atoms with Gasteiger partial charge in [0.2, 0.25) is 12.9 Å². The molecule has 0 spiro atoms. The Kier molecular flexibility index (Phi) is 5.14. The molecule has 0 fully saturated rings. The third-order valence-electron chi connectivity index (χ3n) is 2.18. The van der Waals surface area contributed by atoms with Gasteiger partial charge in [-0.1, -0.05) is 13.8 Å². The zero-order valence-electron chi connectivity index (χ0n) is 9.80. The molecule has 1 unspecified atom stereocenters. The fourth-order valence-electron chi connectivity index (χ4n) is 0.991. The Morgan fingerprint density at radius 1 is 1.19 bits per heavy atom. The van der Waals surface area contributed by atoms with Gasteiger partial charge in [-0.25, -0.2) is 0 Å². The molecule has 0 aliphatic rings. The molecule has 0 rings (SSSR count). The highest BCUT2D eigenvalue weighted by Gasteiger charge is 2.40. The summed E-state index contributed by atoms with van der Waals surface area (Å²) in [5.74, 6) is 0. The predicted molar refractivity (Wildman–Crippen MR) is 63.6 cm³/mol. The summed E-state index contributed by atoms with van der Waals surface area (Å²) in [7, 11) is -11.4. The van der Waals surface area contributed by atoms with E-state index in [0.717, 1.165) is 0 Å². The van der Waals surface area contributed by atoms with E-state index < -0.39 is 33.1 Å². The van der Waals surface area contributed by atoms with E-state index in [4.69, 9.17) is 8.42 Å². The van der Waals surface area contributed by atoms with Gasteiger partial charge in [0.25, 0.3) is 20.2 Å². The molecule has 0 aliphatic heterocycles. The largest absolute Gasteiger partial charge is 0.314 e. The normalized spacial score (nSPS) is 16.1. The highest BCUT2D eigenvalue weighted by Crippen LogP contribution is 2.21. The van der Waals surface area contributed by atoms with Crippen LogP contribution in [0, 0.1) is 0 Å². The molecule has 0 aromatic carbocycles. The zero-order valence-corrected chi connectivity index (χ0v) is 12.4. The average Bonchev–Trinajstić information content (AvgIpc) is 1.99. The van der Waals surface area contributed by atoms with E-state index >= 15 is 0 Å².